The van der Waals surface area contributed by atoms with E-state index in [-0.39, 0.29) is 5.41 Å². The van der Waals surface area contributed by atoms with Gasteiger partial charge in [-0.05, 0) is 84.4 Å². The fourth-order valence-corrected chi connectivity index (χ4v) is 6.33. The number of anilines is 1. The summed E-state index contributed by atoms with van der Waals surface area (Å²) in [5.74, 6) is -0.446. The van der Waals surface area contributed by atoms with Crippen molar-refractivity contribution >= 4 is 21.7 Å². The molecule has 1 aliphatic carbocycles. The molecule has 6 heteroatoms. The van der Waals surface area contributed by atoms with Crippen LogP contribution in [0.15, 0.2) is 41.3 Å². The number of hydrogen-bond donors (Lipinski definition) is 2. The lowest BCUT2D eigenvalue weighted by Crippen LogP contribution is -2.34. The van der Waals surface area contributed by atoms with Crippen molar-refractivity contribution in [2.75, 3.05) is 4.72 Å². The molecule has 1 atom stereocenters. The Hall–Kier alpha value is -2.34. The first-order valence-corrected chi connectivity index (χ1v) is 12.9. The number of rotatable bonds is 7. The van der Waals surface area contributed by atoms with Gasteiger partial charge in [-0.15, -0.1) is 0 Å². The maximum atomic E-state index is 13.3. The van der Waals surface area contributed by atoms with E-state index >= 15 is 0 Å². The van der Waals surface area contributed by atoms with Gasteiger partial charge in [0.1, 0.15) is 0 Å². The van der Waals surface area contributed by atoms with Crippen LogP contribution < -0.4 is 4.72 Å². The molecule has 5 nitrogen and oxygen atoms in total. The van der Waals surface area contributed by atoms with E-state index in [0.717, 1.165) is 24.0 Å². The average molecular weight is 458 g/mol. The first kappa shape index (κ1) is 24.3. The number of carboxylic acid groups (broad SMARTS) is 1. The van der Waals surface area contributed by atoms with Crippen molar-refractivity contribution in [3.63, 3.8) is 0 Å². The number of carbonyl (C=O) groups is 1. The number of aryl methyl sites for hydroxylation is 1. The highest BCUT2D eigenvalue weighted by Crippen LogP contribution is 2.44. The third kappa shape index (κ3) is 4.17. The lowest BCUT2D eigenvalue weighted by atomic mass is 9.69. The minimum Gasteiger partial charge on any atom is -0.481 e. The number of nitrogens with one attached hydrogen (secondary N) is 1. The zero-order chi connectivity index (χ0) is 23.9. The molecule has 174 valence electrons. The number of fused-ring (bicyclic) bond motifs is 1. The molecule has 2 aromatic rings. The standard InChI is InChI=1S/C26H35NO4S/c1-7-26(8-2,24(28)29)19-9-11-20(12-10-19)27-32(30,31)23-16-22-21(15-18(23)4)17(3)13-14-25(22,5)6/h9-12,15-17,27H,7-8,13-14H2,1-6H3,(H,28,29). The van der Waals surface area contributed by atoms with E-state index in [1.165, 1.54) is 5.56 Å². The smallest absolute Gasteiger partial charge is 0.314 e. The van der Waals surface area contributed by atoms with Crippen molar-refractivity contribution in [2.24, 2.45) is 0 Å². The van der Waals surface area contributed by atoms with E-state index in [0.29, 0.717) is 34.9 Å². The minimum absolute atomic E-state index is 0.0675. The van der Waals surface area contributed by atoms with Crippen molar-refractivity contribution < 1.29 is 18.3 Å². The molecule has 0 bridgehead atoms. The van der Waals surface area contributed by atoms with Crippen LogP contribution in [0.3, 0.4) is 0 Å². The predicted octanol–water partition coefficient (Wildman–Crippen LogP) is 6.11. The summed E-state index contributed by atoms with van der Waals surface area (Å²) in [6, 6.07) is 10.6. The van der Waals surface area contributed by atoms with Gasteiger partial charge in [0.05, 0.1) is 10.3 Å². The Morgan fingerprint density at radius 2 is 1.75 bits per heavy atom. The average Bonchev–Trinajstić information content (AvgIpc) is 2.72. The second kappa shape index (κ2) is 8.54. The van der Waals surface area contributed by atoms with Crippen molar-refractivity contribution in [2.45, 2.75) is 88.9 Å². The number of carboxylic acids is 1. The molecule has 0 aliphatic heterocycles. The largest absolute Gasteiger partial charge is 0.481 e. The zero-order valence-electron chi connectivity index (χ0n) is 20.0. The van der Waals surface area contributed by atoms with Crippen molar-refractivity contribution in [1.29, 1.82) is 0 Å². The molecule has 1 unspecified atom stereocenters. The van der Waals surface area contributed by atoms with Gasteiger partial charge in [-0.1, -0.05) is 52.8 Å². The molecule has 0 radical (unpaired) electrons. The lowest BCUT2D eigenvalue weighted by Gasteiger charge is -2.36. The zero-order valence-corrected chi connectivity index (χ0v) is 20.8. The van der Waals surface area contributed by atoms with Crippen LogP contribution in [0.5, 0.6) is 0 Å². The van der Waals surface area contributed by atoms with Gasteiger partial charge in [-0.3, -0.25) is 9.52 Å². The Balaban J connectivity index is 1.96. The fraction of sp³-hybridized carbons (Fsp3) is 0.500. The molecule has 0 amide bonds. The van der Waals surface area contributed by atoms with Gasteiger partial charge in [0.25, 0.3) is 10.0 Å². The van der Waals surface area contributed by atoms with E-state index in [1.807, 2.05) is 32.9 Å². The minimum atomic E-state index is -3.79. The summed E-state index contributed by atoms with van der Waals surface area (Å²) in [6.45, 7) is 12.1. The Bertz CT molecular complexity index is 1110. The van der Waals surface area contributed by atoms with Crippen LogP contribution in [0.4, 0.5) is 5.69 Å². The van der Waals surface area contributed by atoms with Gasteiger partial charge in [0.15, 0.2) is 0 Å². The van der Waals surface area contributed by atoms with Crippen LogP contribution in [0.25, 0.3) is 0 Å². The maximum Gasteiger partial charge on any atom is 0.314 e. The lowest BCUT2D eigenvalue weighted by molar-refractivity contribution is -0.144. The Morgan fingerprint density at radius 3 is 2.28 bits per heavy atom. The van der Waals surface area contributed by atoms with Crippen molar-refractivity contribution in [3.8, 4) is 0 Å². The molecular formula is C26H35NO4S. The van der Waals surface area contributed by atoms with Gasteiger partial charge in [-0.2, -0.15) is 0 Å². The van der Waals surface area contributed by atoms with Gasteiger partial charge in [-0.25, -0.2) is 8.42 Å². The Kier molecular flexibility index (Phi) is 6.49. The summed E-state index contributed by atoms with van der Waals surface area (Å²) in [5, 5.41) is 9.76. The van der Waals surface area contributed by atoms with Crippen LogP contribution in [-0.4, -0.2) is 19.5 Å². The van der Waals surface area contributed by atoms with E-state index in [9.17, 15) is 18.3 Å². The van der Waals surface area contributed by atoms with Crippen LogP contribution >= 0.6 is 0 Å². The van der Waals surface area contributed by atoms with E-state index in [4.69, 9.17) is 0 Å². The summed E-state index contributed by atoms with van der Waals surface area (Å²) in [5.41, 5.74) is 3.15. The summed E-state index contributed by atoms with van der Waals surface area (Å²) < 4.78 is 29.3. The summed E-state index contributed by atoms with van der Waals surface area (Å²) >= 11 is 0. The SMILES string of the molecule is CCC(CC)(C(=O)O)c1ccc(NS(=O)(=O)c2cc3c(cc2C)C(C)CCC3(C)C)cc1. The molecule has 0 aromatic heterocycles. The van der Waals surface area contributed by atoms with Gasteiger partial charge >= 0.3 is 5.97 Å². The van der Waals surface area contributed by atoms with Gasteiger partial charge in [0, 0.05) is 5.69 Å². The van der Waals surface area contributed by atoms with Gasteiger partial charge < -0.3 is 5.11 Å². The molecule has 0 heterocycles. The van der Waals surface area contributed by atoms with Crippen molar-refractivity contribution in [3.05, 3.63) is 58.7 Å². The number of aliphatic carboxylic acids is 1. The Morgan fingerprint density at radius 1 is 1.16 bits per heavy atom. The monoisotopic (exact) mass is 457 g/mol. The maximum absolute atomic E-state index is 13.3. The van der Waals surface area contributed by atoms with E-state index in [2.05, 4.69) is 25.5 Å². The highest BCUT2D eigenvalue weighted by atomic mass is 32.2. The molecule has 2 aromatic carbocycles. The summed E-state index contributed by atoms with van der Waals surface area (Å²) in [6.07, 6.45) is 3.06. The molecular weight excluding hydrogens is 422 g/mol. The highest BCUT2D eigenvalue weighted by Gasteiger charge is 2.37. The molecule has 0 spiro atoms. The highest BCUT2D eigenvalue weighted by molar-refractivity contribution is 7.92. The number of hydrogen-bond acceptors (Lipinski definition) is 3. The van der Waals surface area contributed by atoms with Crippen LogP contribution in [0.1, 0.15) is 88.5 Å². The number of sulfonamides is 1. The number of benzene rings is 2. The fourth-order valence-electron chi connectivity index (χ4n) is 5.01. The first-order chi connectivity index (χ1) is 14.9. The molecule has 1 aliphatic rings. The van der Waals surface area contributed by atoms with Crippen LogP contribution in [0, 0.1) is 6.92 Å². The first-order valence-electron chi connectivity index (χ1n) is 11.4. The van der Waals surface area contributed by atoms with Crippen molar-refractivity contribution in [1.82, 2.24) is 0 Å². The summed E-state index contributed by atoms with van der Waals surface area (Å²) in [4.78, 5) is 12.2. The molecule has 0 saturated carbocycles. The van der Waals surface area contributed by atoms with Gasteiger partial charge in [0.2, 0.25) is 0 Å². The second-order valence-electron chi connectivity index (χ2n) is 9.81. The Labute approximate surface area is 192 Å². The molecule has 2 N–H and O–H groups in total. The predicted molar refractivity (Wildman–Crippen MR) is 129 cm³/mol. The third-order valence-corrected chi connectivity index (χ3v) is 8.93. The molecule has 0 saturated heterocycles. The third-order valence-electron chi connectivity index (χ3n) is 7.41. The summed E-state index contributed by atoms with van der Waals surface area (Å²) in [7, 11) is -3.79. The van der Waals surface area contributed by atoms with E-state index in [1.54, 1.807) is 24.3 Å². The second-order valence-corrected chi connectivity index (χ2v) is 11.5. The molecule has 3 rings (SSSR count). The normalized spacial score (nSPS) is 18.1. The molecule has 32 heavy (non-hydrogen) atoms. The van der Waals surface area contributed by atoms with Crippen LogP contribution in [0.2, 0.25) is 0 Å². The quantitative estimate of drug-likeness (QED) is 0.525. The molecule has 0 fully saturated rings. The topological polar surface area (TPSA) is 83.5 Å². The van der Waals surface area contributed by atoms with Crippen LogP contribution in [-0.2, 0) is 25.6 Å². The van der Waals surface area contributed by atoms with E-state index < -0.39 is 21.4 Å².